The summed E-state index contributed by atoms with van der Waals surface area (Å²) in [6, 6.07) is 2.99. The molecule has 1 aromatic carbocycles. The van der Waals surface area contributed by atoms with Gasteiger partial charge in [0.2, 0.25) is 10.0 Å². The van der Waals surface area contributed by atoms with Gasteiger partial charge in [0.25, 0.3) is 0 Å². The van der Waals surface area contributed by atoms with Gasteiger partial charge in [-0.3, -0.25) is 0 Å². The highest BCUT2D eigenvalue weighted by atomic mass is 32.2. The summed E-state index contributed by atoms with van der Waals surface area (Å²) in [7, 11) is -2.24. The first-order valence-corrected chi connectivity index (χ1v) is 5.78. The maximum Gasteiger partial charge on any atom is 0.242 e. The summed E-state index contributed by atoms with van der Waals surface area (Å²) >= 11 is 0. The molecular formula is C9H12FNO3S. The van der Waals surface area contributed by atoms with Gasteiger partial charge in [-0.05, 0) is 18.2 Å². The molecule has 0 aliphatic rings. The molecule has 0 spiro atoms. The summed E-state index contributed by atoms with van der Waals surface area (Å²) in [5.74, 6) is -1.51. The van der Waals surface area contributed by atoms with Crippen molar-refractivity contribution in [3.63, 3.8) is 0 Å². The van der Waals surface area contributed by atoms with E-state index >= 15 is 0 Å². The van der Waals surface area contributed by atoms with E-state index in [2.05, 4.69) is 0 Å². The van der Waals surface area contributed by atoms with Crippen LogP contribution in [0.1, 0.15) is 6.92 Å². The molecule has 6 heteroatoms. The molecule has 0 radical (unpaired) electrons. The maximum absolute atomic E-state index is 12.9. The van der Waals surface area contributed by atoms with Crippen LogP contribution in [0.3, 0.4) is 0 Å². The van der Waals surface area contributed by atoms with Gasteiger partial charge in [-0.2, -0.15) is 0 Å². The van der Waals surface area contributed by atoms with Gasteiger partial charge in [-0.25, -0.2) is 17.1 Å². The minimum absolute atomic E-state index is 0.165. The predicted octanol–water partition coefficient (Wildman–Crippen LogP) is 1.17. The molecule has 0 unspecified atom stereocenters. The average molecular weight is 233 g/mol. The van der Waals surface area contributed by atoms with Crippen molar-refractivity contribution >= 4 is 10.0 Å². The Balaban J connectivity index is 3.23. The van der Waals surface area contributed by atoms with Gasteiger partial charge in [0.1, 0.15) is 0 Å². The van der Waals surface area contributed by atoms with E-state index in [1.54, 1.807) is 6.92 Å². The van der Waals surface area contributed by atoms with Gasteiger partial charge >= 0.3 is 0 Å². The molecule has 84 valence electrons. The zero-order valence-corrected chi connectivity index (χ0v) is 9.25. The van der Waals surface area contributed by atoms with Crippen LogP contribution in [0.25, 0.3) is 0 Å². The molecule has 0 bridgehead atoms. The van der Waals surface area contributed by atoms with Crippen LogP contribution in [0.4, 0.5) is 4.39 Å². The van der Waals surface area contributed by atoms with E-state index in [4.69, 9.17) is 5.11 Å². The second-order valence-corrected chi connectivity index (χ2v) is 5.08. The van der Waals surface area contributed by atoms with Crippen LogP contribution >= 0.6 is 0 Å². The van der Waals surface area contributed by atoms with Crippen LogP contribution in [0.15, 0.2) is 23.1 Å². The van der Waals surface area contributed by atoms with E-state index in [0.29, 0.717) is 6.54 Å². The summed E-state index contributed by atoms with van der Waals surface area (Å²) in [5.41, 5.74) is 0. The highest BCUT2D eigenvalue weighted by molar-refractivity contribution is 7.89. The first-order valence-electron chi connectivity index (χ1n) is 4.34. The average Bonchev–Trinajstić information content (AvgIpc) is 2.20. The Hall–Kier alpha value is -1.14. The zero-order valence-electron chi connectivity index (χ0n) is 8.44. The lowest BCUT2D eigenvalue weighted by Crippen LogP contribution is -2.26. The molecule has 0 aromatic heterocycles. The molecule has 15 heavy (non-hydrogen) atoms. The largest absolute Gasteiger partial charge is 0.505 e. The first-order chi connectivity index (χ1) is 6.89. The predicted molar refractivity (Wildman–Crippen MR) is 53.6 cm³/mol. The van der Waals surface area contributed by atoms with Gasteiger partial charge in [-0.1, -0.05) is 6.92 Å². The number of sulfonamides is 1. The molecule has 0 saturated carbocycles. The molecule has 4 nitrogen and oxygen atoms in total. The Morgan fingerprint density at radius 3 is 2.53 bits per heavy atom. The van der Waals surface area contributed by atoms with Crippen molar-refractivity contribution in [3.05, 3.63) is 24.0 Å². The molecule has 0 atom stereocenters. The summed E-state index contributed by atoms with van der Waals surface area (Å²) in [4.78, 5) is -0.165. The normalized spacial score (nSPS) is 12.0. The number of rotatable bonds is 3. The van der Waals surface area contributed by atoms with Gasteiger partial charge < -0.3 is 5.11 Å². The lowest BCUT2D eigenvalue weighted by Gasteiger charge is -2.14. The summed E-state index contributed by atoms with van der Waals surface area (Å²) < 4.78 is 37.4. The van der Waals surface area contributed by atoms with Crippen molar-refractivity contribution < 1.29 is 17.9 Å². The number of nitrogens with zero attached hydrogens (tertiary/aromatic N) is 1. The standard InChI is InChI=1S/C9H12FNO3S/c1-3-11(2)15(13,14)7-4-5-9(12)8(10)6-7/h4-6,12H,3H2,1-2H3. The molecule has 0 amide bonds. The fourth-order valence-corrected chi connectivity index (χ4v) is 2.19. The summed E-state index contributed by atoms with van der Waals surface area (Å²) in [6.07, 6.45) is 0. The molecule has 1 aromatic rings. The monoisotopic (exact) mass is 233 g/mol. The van der Waals surface area contributed by atoms with E-state index in [9.17, 15) is 12.8 Å². The Labute approximate surface area is 88.0 Å². The number of phenolic OH excluding ortho intramolecular Hbond substituents is 1. The molecule has 0 aliphatic carbocycles. The smallest absolute Gasteiger partial charge is 0.242 e. The number of hydrogen-bond acceptors (Lipinski definition) is 3. The fourth-order valence-electron chi connectivity index (χ4n) is 0.998. The molecule has 0 fully saturated rings. The third kappa shape index (κ3) is 2.27. The van der Waals surface area contributed by atoms with E-state index in [1.165, 1.54) is 13.1 Å². The minimum atomic E-state index is -3.65. The number of phenols is 1. The topological polar surface area (TPSA) is 57.6 Å². The molecule has 0 heterocycles. The number of hydrogen-bond donors (Lipinski definition) is 1. The Morgan fingerprint density at radius 1 is 1.47 bits per heavy atom. The fraction of sp³-hybridized carbons (Fsp3) is 0.333. The van der Waals surface area contributed by atoms with Crippen molar-refractivity contribution in [2.24, 2.45) is 0 Å². The Kier molecular flexibility index (Phi) is 3.31. The van der Waals surface area contributed by atoms with Gasteiger partial charge in [-0.15, -0.1) is 0 Å². The van der Waals surface area contributed by atoms with Crippen LogP contribution in [0.5, 0.6) is 5.75 Å². The maximum atomic E-state index is 12.9. The van der Waals surface area contributed by atoms with E-state index in [0.717, 1.165) is 16.4 Å². The molecule has 1 N–H and O–H groups in total. The Morgan fingerprint density at radius 2 is 2.07 bits per heavy atom. The van der Waals surface area contributed by atoms with Crippen LogP contribution in [0.2, 0.25) is 0 Å². The number of halogens is 1. The van der Waals surface area contributed by atoms with E-state index in [1.807, 2.05) is 0 Å². The van der Waals surface area contributed by atoms with Gasteiger partial charge in [0.05, 0.1) is 4.90 Å². The van der Waals surface area contributed by atoms with Crippen molar-refractivity contribution in [2.75, 3.05) is 13.6 Å². The van der Waals surface area contributed by atoms with Crippen LogP contribution < -0.4 is 0 Å². The first kappa shape index (κ1) is 11.9. The van der Waals surface area contributed by atoms with Crippen LogP contribution in [0, 0.1) is 5.82 Å². The van der Waals surface area contributed by atoms with Crippen LogP contribution in [-0.2, 0) is 10.0 Å². The van der Waals surface area contributed by atoms with Crippen molar-refractivity contribution in [1.29, 1.82) is 0 Å². The van der Waals surface area contributed by atoms with Crippen molar-refractivity contribution in [3.8, 4) is 5.75 Å². The van der Waals surface area contributed by atoms with E-state index < -0.39 is 21.6 Å². The summed E-state index contributed by atoms with van der Waals surface area (Å²) in [6.45, 7) is 1.97. The van der Waals surface area contributed by atoms with Gasteiger partial charge in [0, 0.05) is 13.6 Å². The minimum Gasteiger partial charge on any atom is -0.505 e. The molecule has 0 aliphatic heterocycles. The third-order valence-corrected chi connectivity index (χ3v) is 4.00. The highest BCUT2D eigenvalue weighted by Crippen LogP contribution is 2.21. The van der Waals surface area contributed by atoms with E-state index in [-0.39, 0.29) is 4.90 Å². The van der Waals surface area contributed by atoms with Crippen molar-refractivity contribution in [2.45, 2.75) is 11.8 Å². The number of aromatic hydroxyl groups is 1. The Bertz CT molecular complexity index is 458. The second kappa shape index (κ2) is 4.16. The third-order valence-electron chi connectivity index (χ3n) is 2.07. The molecule has 0 saturated heterocycles. The highest BCUT2D eigenvalue weighted by Gasteiger charge is 2.20. The summed E-state index contributed by atoms with van der Waals surface area (Å²) in [5, 5.41) is 8.92. The van der Waals surface area contributed by atoms with Crippen molar-refractivity contribution in [1.82, 2.24) is 4.31 Å². The number of benzene rings is 1. The lowest BCUT2D eigenvalue weighted by molar-refractivity contribution is 0.430. The quantitative estimate of drug-likeness (QED) is 0.852. The SMILES string of the molecule is CCN(C)S(=O)(=O)c1ccc(O)c(F)c1. The second-order valence-electron chi connectivity index (χ2n) is 3.03. The lowest BCUT2D eigenvalue weighted by atomic mass is 10.3. The molecule has 1 rings (SSSR count). The molecular weight excluding hydrogens is 221 g/mol. The van der Waals surface area contributed by atoms with Gasteiger partial charge in [0.15, 0.2) is 11.6 Å². The zero-order chi connectivity index (χ0) is 11.6. The van der Waals surface area contributed by atoms with Crippen LogP contribution in [-0.4, -0.2) is 31.4 Å².